The highest BCUT2D eigenvalue weighted by molar-refractivity contribution is 9.10. The van der Waals surface area contributed by atoms with Gasteiger partial charge in [0, 0.05) is 10.7 Å². The maximum Gasteiger partial charge on any atom is 0.290 e. The second-order valence-electron chi connectivity index (χ2n) is 5.39. The first-order valence-corrected chi connectivity index (χ1v) is 9.62. The first kappa shape index (κ1) is 19.5. The minimum absolute atomic E-state index is 0.172. The van der Waals surface area contributed by atoms with Gasteiger partial charge in [0.1, 0.15) is 5.75 Å². The Bertz CT molecular complexity index is 947. The van der Waals surface area contributed by atoms with E-state index in [1.165, 1.54) is 0 Å². The molecule has 1 aliphatic heterocycles. The lowest BCUT2D eigenvalue weighted by molar-refractivity contribution is -0.118. The average molecular weight is 468 g/mol. The first-order valence-electron chi connectivity index (χ1n) is 7.63. The van der Waals surface area contributed by atoms with Gasteiger partial charge in [-0.2, -0.15) is 0 Å². The molecule has 0 bridgehead atoms. The molecule has 1 saturated heterocycles. The predicted molar refractivity (Wildman–Crippen MR) is 109 cm³/mol. The molecule has 0 atom stereocenters. The zero-order valence-corrected chi connectivity index (χ0v) is 16.8. The molecular weight excluding hydrogens is 456 g/mol. The number of halogens is 2. The summed E-state index contributed by atoms with van der Waals surface area (Å²) in [6, 6.07) is 11.9. The highest BCUT2D eigenvalue weighted by Gasteiger charge is 2.24. The number of hydrogen-bond acceptors (Lipinski definition) is 5. The van der Waals surface area contributed by atoms with Gasteiger partial charge in [0.25, 0.3) is 17.1 Å². The Morgan fingerprint density at radius 1 is 1.22 bits per heavy atom. The van der Waals surface area contributed by atoms with E-state index in [0.29, 0.717) is 31.4 Å². The quantitative estimate of drug-likeness (QED) is 0.635. The maximum absolute atomic E-state index is 12.0. The van der Waals surface area contributed by atoms with Crippen molar-refractivity contribution >= 4 is 68.1 Å². The molecule has 138 valence electrons. The van der Waals surface area contributed by atoms with Gasteiger partial charge in [-0.3, -0.25) is 19.7 Å². The molecule has 27 heavy (non-hydrogen) atoms. The van der Waals surface area contributed by atoms with Crippen LogP contribution in [0, 0.1) is 0 Å². The number of carbonyl (C=O) groups is 3. The van der Waals surface area contributed by atoms with Gasteiger partial charge in [-0.05, 0) is 75.7 Å². The van der Waals surface area contributed by atoms with Crippen LogP contribution in [-0.2, 0) is 9.59 Å². The van der Waals surface area contributed by atoms with Crippen LogP contribution in [0.1, 0.15) is 5.56 Å². The third-order valence-electron chi connectivity index (χ3n) is 3.38. The molecule has 6 nitrogen and oxygen atoms in total. The maximum atomic E-state index is 12.0. The van der Waals surface area contributed by atoms with Gasteiger partial charge in [-0.15, -0.1) is 0 Å². The Hall–Kier alpha value is -2.29. The van der Waals surface area contributed by atoms with Gasteiger partial charge < -0.3 is 10.1 Å². The largest absolute Gasteiger partial charge is 0.483 e. The molecule has 2 N–H and O–H groups in total. The van der Waals surface area contributed by atoms with E-state index in [-0.39, 0.29) is 12.5 Å². The summed E-state index contributed by atoms with van der Waals surface area (Å²) in [7, 11) is 0. The van der Waals surface area contributed by atoms with Crippen LogP contribution in [0.2, 0.25) is 5.02 Å². The predicted octanol–water partition coefficient (Wildman–Crippen LogP) is 4.44. The van der Waals surface area contributed by atoms with Crippen LogP contribution in [-0.4, -0.2) is 23.7 Å². The van der Waals surface area contributed by atoms with Gasteiger partial charge >= 0.3 is 0 Å². The van der Waals surface area contributed by atoms with E-state index < -0.39 is 11.1 Å². The van der Waals surface area contributed by atoms with Gasteiger partial charge in [0.05, 0.1) is 9.38 Å². The smallest absolute Gasteiger partial charge is 0.290 e. The van der Waals surface area contributed by atoms with E-state index in [4.69, 9.17) is 16.3 Å². The van der Waals surface area contributed by atoms with E-state index in [1.54, 1.807) is 48.5 Å². The van der Waals surface area contributed by atoms with Crippen LogP contribution < -0.4 is 15.4 Å². The number of hydrogen-bond donors (Lipinski definition) is 2. The van der Waals surface area contributed by atoms with Gasteiger partial charge in [-0.1, -0.05) is 17.7 Å². The minimum Gasteiger partial charge on any atom is -0.483 e. The summed E-state index contributed by atoms with van der Waals surface area (Å²) in [4.78, 5) is 35.1. The molecule has 1 heterocycles. The van der Waals surface area contributed by atoms with E-state index in [2.05, 4.69) is 26.6 Å². The normalized spacial score (nSPS) is 15.0. The molecule has 1 fully saturated rings. The van der Waals surface area contributed by atoms with Crippen LogP contribution in [0.5, 0.6) is 5.75 Å². The lowest BCUT2D eigenvalue weighted by atomic mass is 10.2. The number of carbonyl (C=O) groups excluding carboxylic acids is 3. The number of anilines is 1. The van der Waals surface area contributed by atoms with Gasteiger partial charge in [0.15, 0.2) is 6.61 Å². The Morgan fingerprint density at radius 3 is 2.59 bits per heavy atom. The van der Waals surface area contributed by atoms with E-state index in [0.717, 1.165) is 11.8 Å². The monoisotopic (exact) mass is 466 g/mol. The molecule has 0 unspecified atom stereocenters. The Labute approximate surface area is 172 Å². The third kappa shape index (κ3) is 5.35. The van der Waals surface area contributed by atoms with Crippen LogP contribution in [0.4, 0.5) is 10.5 Å². The highest BCUT2D eigenvalue weighted by atomic mass is 79.9. The molecule has 0 aromatic heterocycles. The number of nitrogens with one attached hydrogen (secondary N) is 2. The van der Waals surface area contributed by atoms with Gasteiger partial charge in [-0.25, -0.2) is 0 Å². The van der Waals surface area contributed by atoms with Crippen LogP contribution in [0.15, 0.2) is 51.8 Å². The highest BCUT2D eigenvalue weighted by Crippen LogP contribution is 2.30. The molecule has 9 heteroatoms. The Morgan fingerprint density at radius 2 is 1.96 bits per heavy atom. The van der Waals surface area contributed by atoms with E-state index >= 15 is 0 Å². The number of rotatable bonds is 5. The second kappa shape index (κ2) is 8.60. The van der Waals surface area contributed by atoms with Crippen molar-refractivity contribution in [3.8, 4) is 5.75 Å². The van der Waals surface area contributed by atoms with Crippen LogP contribution in [0.25, 0.3) is 6.08 Å². The van der Waals surface area contributed by atoms with Crippen LogP contribution >= 0.6 is 39.3 Å². The Balaban J connectivity index is 1.60. The standard InChI is InChI=1S/C18H12BrClN2O4S/c19-13-7-10(8-15-17(24)22-18(25)27-15)1-6-14(13)26-9-16(23)21-12-4-2-11(20)3-5-12/h1-8H,9H2,(H,21,23)(H,22,24,25)/b15-8-. The van der Waals surface area contributed by atoms with Crippen LogP contribution in [0.3, 0.4) is 0 Å². The topological polar surface area (TPSA) is 84.5 Å². The molecule has 0 aliphatic carbocycles. The minimum atomic E-state index is -0.416. The SMILES string of the molecule is O=C(COc1ccc(/C=C2\SC(=O)NC2=O)cc1Br)Nc1ccc(Cl)cc1. The number of ether oxygens (including phenoxy) is 1. The summed E-state index contributed by atoms with van der Waals surface area (Å²) >= 11 is 10.0. The fraction of sp³-hybridized carbons (Fsp3) is 0.0556. The third-order valence-corrected chi connectivity index (χ3v) is 5.06. The molecule has 2 aromatic rings. The van der Waals surface area contributed by atoms with Gasteiger partial charge in [0.2, 0.25) is 0 Å². The van der Waals surface area contributed by atoms with E-state index in [1.807, 2.05) is 0 Å². The second-order valence-corrected chi connectivity index (χ2v) is 7.69. The summed E-state index contributed by atoms with van der Waals surface area (Å²) in [5.41, 5.74) is 1.34. The average Bonchev–Trinajstić information content (AvgIpc) is 2.93. The molecular formula is C18H12BrClN2O4S. The molecule has 1 aliphatic rings. The molecule has 3 amide bonds. The van der Waals surface area contributed by atoms with Crippen molar-refractivity contribution < 1.29 is 19.1 Å². The molecule has 0 saturated carbocycles. The summed E-state index contributed by atoms with van der Waals surface area (Å²) in [5, 5.41) is 5.09. The van der Waals surface area contributed by atoms with Crippen molar-refractivity contribution in [2.45, 2.75) is 0 Å². The van der Waals surface area contributed by atoms with Crippen molar-refractivity contribution in [1.82, 2.24) is 5.32 Å². The van der Waals surface area contributed by atoms with Crippen molar-refractivity contribution in [3.05, 3.63) is 62.4 Å². The summed E-state index contributed by atoms with van der Waals surface area (Å²) in [6.45, 7) is -0.172. The number of thioether (sulfide) groups is 1. The summed E-state index contributed by atoms with van der Waals surface area (Å²) in [6.07, 6.45) is 1.60. The molecule has 0 spiro atoms. The lowest BCUT2D eigenvalue weighted by Gasteiger charge is -2.09. The number of amides is 3. The summed E-state index contributed by atoms with van der Waals surface area (Å²) < 4.78 is 6.13. The molecule has 0 radical (unpaired) electrons. The molecule has 2 aromatic carbocycles. The number of imide groups is 1. The zero-order chi connectivity index (χ0) is 19.4. The van der Waals surface area contributed by atoms with Crippen molar-refractivity contribution in [1.29, 1.82) is 0 Å². The Kier molecular flexibility index (Phi) is 6.20. The lowest BCUT2D eigenvalue weighted by Crippen LogP contribution is -2.20. The van der Waals surface area contributed by atoms with E-state index in [9.17, 15) is 14.4 Å². The fourth-order valence-electron chi connectivity index (χ4n) is 2.17. The van der Waals surface area contributed by atoms with Crippen molar-refractivity contribution in [2.24, 2.45) is 0 Å². The van der Waals surface area contributed by atoms with Crippen molar-refractivity contribution in [2.75, 3.05) is 11.9 Å². The molecule has 3 rings (SSSR count). The zero-order valence-electron chi connectivity index (χ0n) is 13.6. The first-order chi connectivity index (χ1) is 12.9. The summed E-state index contributed by atoms with van der Waals surface area (Å²) in [5.74, 6) is -0.253. The van der Waals surface area contributed by atoms with Crippen molar-refractivity contribution in [3.63, 3.8) is 0 Å². The number of benzene rings is 2. The fourth-order valence-corrected chi connectivity index (χ4v) is 3.49.